The molecular weight excluding hydrogens is 617 g/mol. The van der Waals surface area contributed by atoms with E-state index in [1.165, 1.54) is 0 Å². The predicted molar refractivity (Wildman–Crippen MR) is 192 cm³/mol. The number of sulfone groups is 2. The van der Waals surface area contributed by atoms with Crippen molar-refractivity contribution >= 4 is 31.2 Å². The molecule has 0 amide bonds. The van der Waals surface area contributed by atoms with Crippen molar-refractivity contribution in [2.24, 2.45) is 34.5 Å². The molecule has 6 nitrogen and oxygen atoms in total. The first-order valence-corrected chi connectivity index (χ1v) is 21.9. The maximum absolute atomic E-state index is 13.6. The van der Waals surface area contributed by atoms with E-state index in [4.69, 9.17) is 0 Å². The first-order chi connectivity index (χ1) is 21.6. The zero-order valence-corrected chi connectivity index (χ0v) is 32.0. The van der Waals surface area contributed by atoms with Crippen LogP contribution >= 0.6 is 0 Å². The second-order valence-electron chi connectivity index (χ2n) is 14.6. The largest absolute Gasteiger partial charge is 0.299 e. The van der Waals surface area contributed by atoms with Crippen LogP contribution in [0.1, 0.15) is 145 Å². The highest BCUT2D eigenvalue weighted by atomic mass is 32.2. The molecule has 0 saturated heterocycles. The number of hydrogen-bond acceptors (Lipinski definition) is 6. The summed E-state index contributed by atoms with van der Waals surface area (Å²) < 4.78 is 52.6. The van der Waals surface area contributed by atoms with Crippen molar-refractivity contribution in [2.75, 3.05) is 11.5 Å². The van der Waals surface area contributed by atoms with Gasteiger partial charge < -0.3 is 0 Å². The Balaban J connectivity index is 1.87. The van der Waals surface area contributed by atoms with Crippen LogP contribution in [0, 0.1) is 34.5 Å². The van der Waals surface area contributed by atoms with E-state index < -0.39 is 30.2 Å². The molecule has 0 fully saturated rings. The molecule has 0 aromatic rings. The van der Waals surface area contributed by atoms with Gasteiger partial charge in [0.15, 0.2) is 19.7 Å². The fourth-order valence-corrected chi connectivity index (χ4v) is 11.5. The molecule has 6 unspecified atom stereocenters. The van der Waals surface area contributed by atoms with Gasteiger partial charge in [-0.05, 0) is 101 Å². The summed E-state index contributed by atoms with van der Waals surface area (Å²) in [4.78, 5) is 27.2. The average Bonchev–Trinajstić information content (AvgIpc) is 3.04. The summed E-state index contributed by atoms with van der Waals surface area (Å²) >= 11 is 0. The average molecular weight is 683 g/mol. The summed E-state index contributed by atoms with van der Waals surface area (Å²) in [6.45, 7) is 16.1. The van der Waals surface area contributed by atoms with Gasteiger partial charge in [0.05, 0.1) is 22.0 Å². The number of rotatable bonds is 21. The van der Waals surface area contributed by atoms with Crippen LogP contribution < -0.4 is 0 Å². The van der Waals surface area contributed by atoms with E-state index in [1.54, 1.807) is 13.8 Å². The highest BCUT2D eigenvalue weighted by Crippen LogP contribution is 2.49. The first-order valence-electron chi connectivity index (χ1n) is 18.5. The molecule has 0 aromatic carbocycles. The van der Waals surface area contributed by atoms with Crippen LogP contribution in [0.4, 0.5) is 0 Å². The van der Waals surface area contributed by atoms with Crippen LogP contribution in [0.25, 0.3) is 0 Å². The number of unbranched alkanes of at least 4 members (excludes halogenated alkanes) is 3. The number of ketones is 2. The molecule has 0 bridgehead atoms. The van der Waals surface area contributed by atoms with Gasteiger partial charge in [0.1, 0.15) is 11.6 Å². The van der Waals surface area contributed by atoms with Gasteiger partial charge >= 0.3 is 0 Å². The summed E-state index contributed by atoms with van der Waals surface area (Å²) in [6, 6.07) is 0. The highest BCUT2D eigenvalue weighted by Gasteiger charge is 2.46. The molecule has 0 aromatic heterocycles. The van der Waals surface area contributed by atoms with Gasteiger partial charge in [0.25, 0.3) is 0 Å². The van der Waals surface area contributed by atoms with Gasteiger partial charge in [-0.15, -0.1) is 0 Å². The number of carbonyl (C=O) groups excluding carboxylic acids is 2. The molecule has 2 aliphatic rings. The molecule has 266 valence electrons. The third-order valence-electron chi connectivity index (χ3n) is 12.3. The summed E-state index contributed by atoms with van der Waals surface area (Å²) in [5.41, 5.74) is -0.191. The molecule has 0 aliphatic heterocycles. The van der Waals surface area contributed by atoms with Crippen molar-refractivity contribution < 1.29 is 26.4 Å². The summed E-state index contributed by atoms with van der Waals surface area (Å²) in [6.07, 6.45) is 18.1. The Labute approximate surface area is 282 Å². The lowest BCUT2D eigenvalue weighted by Crippen LogP contribution is -2.43. The molecule has 0 N–H and O–H groups in total. The van der Waals surface area contributed by atoms with E-state index in [2.05, 4.69) is 65.8 Å². The molecule has 6 atom stereocenters. The molecule has 0 spiro atoms. The van der Waals surface area contributed by atoms with Gasteiger partial charge in [-0.3, -0.25) is 9.59 Å². The quantitative estimate of drug-likeness (QED) is 0.0885. The second kappa shape index (κ2) is 17.9. The topological polar surface area (TPSA) is 102 Å². The van der Waals surface area contributed by atoms with Crippen LogP contribution in [0.5, 0.6) is 0 Å². The molecule has 0 heterocycles. The Morgan fingerprint density at radius 1 is 0.609 bits per heavy atom. The zero-order valence-electron chi connectivity index (χ0n) is 30.4. The summed E-state index contributed by atoms with van der Waals surface area (Å²) in [5.74, 6) is 0.227. The minimum Gasteiger partial charge on any atom is -0.299 e. The molecule has 2 aliphatic carbocycles. The van der Waals surface area contributed by atoms with Crippen LogP contribution in [0.3, 0.4) is 0 Å². The first kappa shape index (κ1) is 40.9. The Morgan fingerprint density at radius 2 is 0.935 bits per heavy atom. The van der Waals surface area contributed by atoms with E-state index in [-0.39, 0.29) is 70.4 Å². The molecule has 0 radical (unpaired) electrons. The maximum Gasteiger partial charge on any atom is 0.153 e. The van der Waals surface area contributed by atoms with E-state index in [0.717, 1.165) is 51.4 Å². The van der Waals surface area contributed by atoms with Crippen molar-refractivity contribution in [2.45, 2.75) is 156 Å². The smallest absolute Gasteiger partial charge is 0.153 e. The monoisotopic (exact) mass is 682 g/mol. The molecule has 46 heavy (non-hydrogen) atoms. The fraction of sp³-hybridized carbons (Fsp3) is 0.842. The Morgan fingerprint density at radius 3 is 1.22 bits per heavy atom. The van der Waals surface area contributed by atoms with Crippen LogP contribution in [-0.2, 0) is 29.3 Å². The summed E-state index contributed by atoms with van der Waals surface area (Å²) in [5, 5.41) is -1.44. The minimum atomic E-state index is -3.44. The van der Waals surface area contributed by atoms with E-state index in [1.807, 2.05) is 0 Å². The van der Waals surface area contributed by atoms with Gasteiger partial charge in [0.2, 0.25) is 0 Å². The maximum atomic E-state index is 13.6. The van der Waals surface area contributed by atoms with Gasteiger partial charge in [-0.1, -0.05) is 78.7 Å². The van der Waals surface area contributed by atoms with E-state index >= 15 is 0 Å². The summed E-state index contributed by atoms with van der Waals surface area (Å²) in [7, 11) is -6.89. The third-order valence-corrected chi connectivity index (χ3v) is 16.8. The van der Waals surface area contributed by atoms with E-state index in [0.29, 0.717) is 25.7 Å². The van der Waals surface area contributed by atoms with Crippen LogP contribution in [0.15, 0.2) is 24.3 Å². The minimum absolute atomic E-state index is 0.0125. The number of carbonyl (C=O) groups is 2. The van der Waals surface area contributed by atoms with Crippen LogP contribution in [0.2, 0.25) is 0 Å². The van der Waals surface area contributed by atoms with Crippen molar-refractivity contribution in [1.29, 1.82) is 0 Å². The Hall–Kier alpha value is -1.28. The zero-order chi connectivity index (χ0) is 34.8. The van der Waals surface area contributed by atoms with Crippen molar-refractivity contribution in [3.63, 3.8) is 0 Å². The lowest BCUT2D eigenvalue weighted by Gasteiger charge is -2.44. The number of allylic oxidation sites excluding steroid dienone is 4. The van der Waals surface area contributed by atoms with E-state index in [9.17, 15) is 26.4 Å². The van der Waals surface area contributed by atoms with Gasteiger partial charge in [0, 0.05) is 24.7 Å². The van der Waals surface area contributed by atoms with Crippen molar-refractivity contribution in [3.05, 3.63) is 24.3 Å². The molecule has 0 saturated carbocycles. The lowest BCUT2D eigenvalue weighted by molar-refractivity contribution is -0.130. The Kier molecular flexibility index (Phi) is 15.9. The molecular formula is C38H66O6S2. The third kappa shape index (κ3) is 9.66. The number of Topliss-reactive ketones (excluding diaryl/α,β-unsaturated/α-hetero) is 2. The van der Waals surface area contributed by atoms with Gasteiger partial charge in [-0.25, -0.2) is 16.8 Å². The SMILES string of the molecule is CCC1C=CCC(CC)(CC)C1C(=O)CC(C)S(=O)(=O)CCCCCCS(=O)(=O)C(C)CC(=O)C1C(CC)C=CCC1(CC)CC. The molecule has 2 rings (SSSR count). The number of hydrogen-bond donors (Lipinski definition) is 0. The highest BCUT2D eigenvalue weighted by molar-refractivity contribution is 7.92. The Bertz CT molecular complexity index is 1160. The predicted octanol–water partition coefficient (Wildman–Crippen LogP) is 8.89. The van der Waals surface area contributed by atoms with Crippen LogP contribution in [-0.4, -0.2) is 50.4 Å². The molecule has 8 heteroatoms. The fourth-order valence-electron chi connectivity index (χ4n) is 8.64. The second-order valence-corrected chi connectivity index (χ2v) is 19.7. The standard InChI is InChI=1S/C38H66O6S2/c1-9-31-21-19-23-37(11-3,12-4)35(31)33(39)27-29(7)45(41,42)25-17-15-16-18-26-46(43,44)30(8)28-34(40)36-32(10-2)22-20-24-38(36,13-5)14-6/h19-22,29-32,35-36H,9-18,23-28H2,1-8H3. The van der Waals surface area contributed by atoms with Crippen molar-refractivity contribution in [3.8, 4) is 0 Å². The van der Waals surface area contributed by atoms with Gasteiger partial charge in [-0.2, -0.15) is 0 Å². The normalized spacial score (nSPS) is 25.7. The van der Waals surface area contributed by atoms with Crippen molar-refractivity contribution in [1.82, 2.24) is 0 Å². The lowest BCUT2D eigenvalue weighted by atomic mass is 9.59.